The molecule has 2 aliphatic rings. The lowest BCUT2D eigenvalue weighted by Crippen LogP contribution is -2.80. The van der Waals surface area contributed by atoms with E-state index in [0.717, 1.165) is 47.0 Å². The van der Waals surface area contributed by atoms with Gasteiger partial charge in [-0.1, -0.05) is 49.6 Å². The highest BCUT2D eigenvalue weighted by Crippen LogP contribution is 2.37. The third-order valence-corrected chi connectivity index (χ3v) is 6.67. The molecule has 3 aromatic rings. The Morgan fingerprint density at radius 1 is 1.10 bits per heavy atom. The van der Waals surface area contributed by atoms with Gasteiger partial charge in [0.15, 0.2) is 11.4 Å². The van der Waals surface area contributed by atoms with Crippen molar-refractivity contribution in [1.82, 2.24) is 4.98 Å². The molecule has 2 heterocycles. The number of aliphatic imine (C=N–C) groups is 1. The van der Waals surface area contributed by atoms with E-state index in [4.69, 9.17) is 0 Å². The number of carbonyl (C=O) groups excluding carboxylic acids is 1. The molecule has 0 saturated heterocycles. The maximum Gasteiger partial charge on any atom is 0.257 e. The van der Waals surface area contributed by atoms with Gasteiger partial charge in [-0.3, -0.25) is 10.1 Å². The van der Waals surface area contributed by atoms with Crippen LogP contribution in [0.2, 0.25) is 0 Å². The van der Waals surface area contributed by atoms with Crippen LogP contribution in [0.1, 0.15) is 49.3 Å². The van der Waals surface area contributed by atoms with Gasteiger partial charge in [0.2, 0.25) is 5.91 Å². The molecule has 1 aromatic heterocycles. The van der Waals surface area contributed by atoms with Crippen molar-refractivity contribution in [2.24, 2.45) is 10.9 Å². The molecule has 1 fully saturated rings. The fraction of sp³-hybridized carbons (Fsp3) is 0.292. The fourth-order valence-electron chi connectivity index (χ4n) is 4.61. The zero-order chi connectivity index (χ0) is 20.3. The summed E-state index contributed by atoms with van der Waals surface area (Å²) in [6.07, 6.45) is 5.95. The maximum atomic E-state index is 13.4. The van der Waals surface area contributed by atoms with Crippen molar-refractivity contribution in [2.75, 3.05) is 5.32 Å². The molecule has 0 spiro atoms. The fourth-order valence-corrected chi connectivity index (χ4v) is 5.16. The van der Waals surface area contributed by atoms with Gasteiger partial charge in [0.05, 0.1) is 11.4 Å². The maximum absolute atomic E-state index is 13.4. The number of benzene rings is 2. The van der Waals surface area contributed by atoms with Gasteiger partial charge in [-0.25, -0.2) is 4.98 Å². The van der Waals surface area contributed by atoms with Gasteiger partial charge in [0.25, 0.3) is 5.84 Å². The number of carbonyl (C=O) groups is 1. The van der Waals surface area contributed by atoms with Gasteiger partial charge in [-0.05, 0) is 36.5 Å². The van der Waals surface area contributed by atoms with E-state index in [1.54, 1.807) is 11.3 Å². The number of rotatable bonds is 5. The van der Waals surface area contributed by atoms with Crippen LogP contribution in [0.3, 0.4) is 0 Å². The zero-order valence-electron chi connectivity index (χ0n) is 16.8. The summed E-state index contributed by atoms with van der Waals surface area (Å²) in [4.78, 5) is 22.4. The lowest BCUT2D eigenvalue weighted by atomic mass is 9.76. The van der Waals surface area contributed by atoms with Crippen LogP contribution in [-0.4, -0.2) is 16.7 Å². The van der Waals surface area contributed by atoms with Crippen LogP contribution in [0, 0.1) is 5.92 Å². The molecule has 1 amide bonds. The Hall–Kier alpha value is -2.83. The van der Waals surface area contributed by atoms with Crippen LogP contribution in [0.15, 0.2) is 64.4 Å². The van der Waals surface area contributed by atoms with Gasteiger partial charge in [0, 0.05) is 17.1 Å². The molecule has 30 heavy (non-hydrogen) atoms. The zero-order valence-corrected chi connectivity index (χ0v) is 17.6. The van der Waals surface area contributed by atoms with E-state index in [1.165, 1.54) is 19.3 Å². The number of nitrogens with two attached hydrogens (primary N) is 1. The van der Waals surface area contributed by atoms with E-state index in [2.05, 4.69) is 27.4 Å². The third kappa shape index (κ3) is 3.93. The summed E-state index contributed by atoms with van der Waals surface area (Å²) < 4.78 is 0. The van der Waals surface area contributed by atoms with Gasteiger partial charge in [0.1, 0.15) is 5.69 Å². The normalized spacial score (nSPS) is 17.3. The number of aromatic nitrogens is 1. The van der Waals surface area contributed by atoms with Crippen molar-refractivity contribution < 1.29 is 10.1 Å². The van der Waals surface area contributed by atoms with Gasteiger partial charge >= 0.3 is 0 Å². The van der Waals surface area contributed by atoms with E-state index in [1.807, 2.05) is 52.6 Å². The average Bonchev–Trinajstić information content (AvgIpc) is 3.45. The minimum absolute atomic E-state index is 0.0895. The molecule has 0 radical (unpaired) electrons. The summed E-state index contributed by atoms with van der Waals surface area (Å²) in [6, 6.07) is 16.2. The number of fused-ring (bicyclic) bond motifs is 1. The molecule has 1 aliphatic carbocycles. The topological polar surface area (TPSA) is 71.0 Å². The number of nitrogens with zero attached hydrogens (tertiary/aromatic N) is 2. The van der Waals surface area contributed by atoms with Crippen LogP contribution in [0.4, 0.5) is 17.1 Å². The first-order chi connectivity index (χ1) is 14.8. The molecule has 1 aliphatic heterocycles. The van der Waals surface area contributed by atoms with Gasteiger partial charge in [-0.15, -0.1) is 11.3 Å². The highest BCUT2D eigenvalue weighted by molar-refractivity contribution is 7.07. The first-order valence-electron chi connectivity index (χ1n) is 10.6. The average molecular weight is 418 g/mol. The number of amides is 1. The van der Waals surface area contributed by atoms with Crippen LogP contribution in [0.25, 0.3) is 0 Å². The lowest BCUT2D eigenvalue weighted by Gasteiger charge is -2.29. The molecule has 0 bridgehead atoms. The molecule has 5 nitrogen and oxygen atoms in total. The van der Waals surface area contributed by atoms with Crippen LogP contribution < -0.4 is 10.6 Å². The molecule has 152 valence electrons. The monoisotopic (exact) mass is 417 g/mol. The standard InChI is InChI=1S/C24H24N4OS/c29-24(22(16-7-3-1-4-8-16)17-9-5-2-6-10-17)26-18-11-12-19-20(13-18)28-23(27-19)21-14-30-15-25-21/h1,3-4,7-8,11-15,17,22H,2,5-6,9-10H2,(H,26,29)(H,27,28)/p+1. The number of nitrogens with one attached hydrogen (secondary N) is 1. The van der Waals surface area contributed by atoms with Crippen molar-refractivity contribution >= 4 is 40.1 Å². The predicted octanol–water partition coefficient (Wildman–Crippen LogP) is 4.73. The van der Waals surface area contributed by atoms with Crippen molar-refractivity contribution in [1.29, 1.82) is 0 Å². The molecular formula is C24H25N4OS+. The molecule has 1 unspecified atom stereocenters. The summed E-state index contributed by atoms with van der Waals surface area (Å²) in [7, 11) is 0. The van der Waals surface area contributed by atoms with Crippen molar-refractivity contribution in [3.63, 3.8) is 0 Å². The quantitative estimate of drug-likeness (QED) is 0.589. The second kappa shape index (κ2) is 8.50. The first kappa shape index (κ1) is 19.2. The Balaban J connectivity index is 1.35. The first-order valence-corrected chi connectivity index (χ1v) is 11.5. The van der Waals surface area contributed by atoms with E-state index in [-0.39, 0.29) is 11.8 Å². The molecule has 1 saturated carbocycles. The lowest BCUT2D eigenvalue weighted by molar-refractivity contribution is -0.437. The number of hydrogen-bond acceptors (Lipinski definition) is 4. The third-order valence-electron chi connectivity index (χ3n) is 6.09. The Morgan fingerprint density at radius 3 is 2.70 bits per heavy atom. The minimum Gasteiger partial charge on any atom is -0.325 e. The van der Waals surface area contributed by atoms with E-state index in [0.29, 0.717) is 5.92 Å². The summed E-state index contributed by atoms with van der Waals surface area (Å²) in [6.45, 7) is 0. The molecule has 2 aromatic carbocycles. The number of thiazole rings is 1. The molecule has 6 heteroatoms. The largest absolute Gasteiger partial charge is 0.325 e. The Labute approximate surface area is 180 Å². The SMILES string of the molecule is O=C(Nc1ccc2c(c1)[NH2+]C(c1cscn1)=N2)C(c1ccccc1)C1CCCCC1. The summed E-state index contributed by atoms with van der Waals surface area (Å²) >= 11 is 1.56. The van der Waals surface area contributed by atoms with Crippen molar-refractivity contribution in [3.05, 3.63) is 70.7 Å². The van der Waals surface area contributed by atoms with E-state index < -0.39 is 0 Å². The molecule has 3 N–H and O–H groups in total. The van der Waals surface area contributed by atoms with E-state index >= 15 is 0 Å². The smallest absolute Gasteiger partial charge is 0.257 e. The van der Waals surface area contributed by atoms with E-state index in [9.17, 15) is 4.79 Å². The number of amidine groups is 1. The number of anilines is 1. The van der Waals surface area contributed by atoms with Crippen LogP contribution in [-0.2, 0) is 4.79 Å². The Kier molecular flexibility index (Phi) is 5.43. The summed E-state index contributed by atoms with van der Waals surface area (Å²) in [5, 5.41) is 7.23. The molecular weight excluding hydrogens is 392 g/mol. The second-order valence-corrected chi connectivity index (χ2v) is 8.78. The second-order valence-electron chi connectivity index (χ2n) is 8.06. The van der Waals surface area contributed by atoms with Crippen LogP contribution in [0.5, 0.6) is 0 Å². The van der Waals surface area contributed by atoms with Crippen LogP contribution >= 0.6 is 11.3 Å². The molecule has 5 rings (SSSR count). The van der Waals surface area contributed by atoms with Gasteiger partial charge in [-0.2, -0.15) is 4.99 Å². The Morgan fingerprint density at radius 2 is 1.93 bits per heavy atom. The Bertz CT molecular complexity index is 1060. The highest BCUT2D eigenvalue weighted by atomic mass is 32.1. The minimum atomic E-state index is -0.106. The summed E-state index contributed by atoms with van der Waals surface area (Å²) in [5.41, 5.74) is 6.58. The summed E-state index contributed by atoms with van der Waals surface area (Å²) in [5.74, 6) is 1.26. The predicted molar refractivity (Wildman–Crippen MR) is 121 cm³/mol. The van der Waals surface area contributed by atoms with Gasteiger partial charge < -0.3 is 5.32 Å². The van der Waals surface area contributed by atoms with Crippen molar-refractivity contribution in [3.8, 4) is 0 Å². The molecule has 1 atom stereocenters. The van der Waals surface area contributed by atoms with Crippen molar-refractivity contribution in [2.45, 2.75) is 38.0 Å². The number of quaternary nitrogens is 1. The highest BCUT2D eigenvalue weighted by Gasteiger charge is 2.31. The number of hydrogen-bond donors (Lipinski definition) is 2.